The number of nitrogens with two attached hydrogens (primary N) is 2. The topological polar surface area (TPSA) is 394 Å². The van der Waals surface area contributed by atoms with Gasteiger partial charge in [-0.3, -0.25) is 51.4 Å². The van der Waals surface area contributed by atoms with Gasteiger partial charge in [0.15, 0.2) is 22.6 Å². The highest BCUT2D eigenvalue weighted by Gasteiger charge is 2.46. The van der Waals surface area contributed by atoms with Gasteiger partial charge in [-0.05, 0) is 6.92 Å². The summed E-state index contributed by atoms with van der Waals surface area (Å²) in [5, 5.41) is 20.7. The number of aromatic amines is 2. The number of anilines is 2. The molecule has 10 N–H and O–H groups in total. The molecule has 5 aromatic rings. The number of fused-ring (bicyclic) bond motifs is 2. The molecule has 2 unspecified atom stereocenters. The number of aliphatic hydroxyl groups is 2. The molecule has 0 radical (unpaired) electrons. The van der Waals surface area contributed by atoms with Crippen LogP contribution in [-0.4, -0.2) is 125 Å². The minimum Gasteiger partial charge on any atom is -0.394 e. The van der Waals surface area contributed by atoms with Crippen LogP contribution in [0.2, 0.25) is 0 Å². The summed E-state index contributed by atoms with van der Waals surface area (Å²) < 4.78 is 69.7. The summed E-state index contributed by atoms with van der Waals surface area (Å²) in [4.78, 5) is 83.2. The molecular formula is C30H38N12O16P2. The number of nitrogens with zero attached hydrogens (tertiary/aromatic N) is 8. The fourth-order valence-electron chi connectivity index (χ4n) is 7.09. The number of phosphoric acid groups is 2. The van der Waals surface area contributed by atoms with E-state index < -0.39 is 108 Å². The number of rotatable bonds is 14. The number of nitrogens with one attached hydrogen (secondary N) is 2. The molecule has 5 aromatic heterocycles. The Bertz CT molecular complexity index is 2690. The van der Waals surface area contributed by atoms with Crippen molar-refractivity contribution in [3.8, 4) is 0 Å². The Morgan fingerprint density at radius 2 is 1.37 bits per heavy atom. The average Bonchev–Trinajstić information content (AvgIpc) is 4.02. The average molecular weight is 885 g/mol. The van der Waals surface area contributed by atoms with Crippen LogP contribution in [0.1, 0.15) is 43.5 Å². The number of phosphoric ester groups is 2. The van der Waals surface area contributed by atoms with Crippen molar-refractivity contribution in [3.05, 3.63) is 61.9 Å². The molecule has 0 bridgehead atoms. The molecule has 0 spiro atoms. The lowest BCUT2D eigenvalue weighted by Crippen LogP contribution is -2.33. The maximum atomic E-state index is 13.4. The highest BCUT2D eigenvalue weighted by atomic mass is 31.2. The van der Waals surface area contributed by atoms with E-state index in [0.717, 1.165) is 4.57 Å². The van der Waals surface area contributed by atoms with E-state index in [-0.39, 0.29) is 53.3 Å². The van der Waals surface area contributed by atoms with Crippen LogP contribution < -0.4 is 28.3 Å². The van der Waals surface area contributed by atoms with Crippen molar-refractivity contribution in [2.45, 2.75) is 81.5 Å². The molecule has 3 aliphatic heterocycles. The smallest absolute Gasteiger partial charge is 0.394 e. The second kappa shape index (κ2) is 16.2. The Hall–Kier alpha value is -4.80. The lowest BCUT2D eigenvalue weighted by atomic mass is 10.2. The van der Waals surface area contributed by atoms with Crippen LogP contribution in [0.4, 0.5) is 11.8 Å². The minimum absolute atomic E-state index is 0.0227. The zero-order chi connectivity index (χ0) is 42.7. The van der Waals surface area contributed by atoms with Crippen LogP contribution in [0.3, 0.4) is 0 Å². The number of H-pyrrole nitrogens is 2. The number of aliphatic hydroxyl groups excluding tert-OH is 2. The number of aromatic nitrogens is 10. The Morgan fingerprint density at radius 1 is 0.783 bits per heavy atom. The molecule has 0 aliphatic carbocycles. The Kier molecular flexibility index (Phi) is 11.3. The zero-order valence-corrected chi connectivity index (χ0v) is 32.9. The van der Waals surface area contributed by atoms with Gasteiger partial charge in [-0.15, -0.1) is 0 Å². The molecule has 60 heavy (non-hydrogen) atoms. The van der Waals surface area contributed by atoms with Crippen LogP contribution >= 0.6 is 15.6 Å². The van der Waals surface area contributed by atoms with E-state index in [9.17, 15) is 43.5 Å². The van der Waals surface area contributed by atoms with Gasteiger partial charge in [-0.1, -0.05) is 0 Å². The fraction of sp³-hybridized carbons (Fsp3) is 0.533. The van der Waals surface area contributed by atoms with E-state index in [2.05, 4.69) is 34.9 Å². The number of ether oxygens (including phenoxy) is 3. The van der Waals surface area contributed by atoms with Crippen LogP contribution in [0.25, 0.3) is 22.3 Å². The van der Waals surface area contributed by atoms with Gasteiger partial charge in [0, 0.05) is 31.0 Å². The van der Waals surface area contributed by atoms with Crippen molar-refractivity contribution < 1.29 is 61.4 Å². The van der Waals surface area contributed by atoms with Crippen LogP contribution in [0.15, 0.2) is 39.6 Å². The van der Waals surface area contributed by atoms with Crippen LogP contribution in [0, 0.1) is 6.92 Å². The van der Waals surface area contributed by atoms with Gasteiger partial charge in [-0.2, -0.15) is 4.98 Å². The zero-order valence-electron chi connectivity index (χ0n) is 31.1. The summed E-state index contributed by atoms with van der Waals surface area (Å²) in [5.41, 5.74) is 10.2. The van der Waals surface area contributed by atoms with Crippen molar-refractivity contribution in [2.75, 3.05) is 31.3 Å². The molecule has 30 heteroatoms. The van der Waals surface area contributed by atoms with E-state index in [1.165, 1.54) is 41.2 Å². The summed E-state index contributed by atoms with van der Waals surface area (Å²) >= 11 is 0. The number of aryl methyl sites for hydroxylation is 1. The van der Waals surface area contributed by atoms with Gasteiger partial charge in [0.2, 0.25) is 5.95 Å². The van der Waals surface area contributed by atoms with E-state index in [0.29, 0.717) is 5.65 Å². The SMILES string of the molecule is Cc1cn([C@H]2C[C@H](O)[C@@H](COP(=O)(O)O[C@H]3C[C@H](n4cnc5c(=O)[nH]c(N)nc54)O[C@@H]3COP(=O)(O)O[C@H]3C[C@H](n4cnc5c(N)ncnc54)O[C@@H]3CO)O2)c(=O)[nH]c1=O. The van der Waals surface area contributed by atoms with Crippen molar-refractivity contribution in [1.82, 2.24) is 48.6 Å². The highest BCUT2D eigenvalue weighted by Crippen LogP contribution is 2.52. The maximum absolute atomic E-state index is 13.4. The molecule has 8 rings (SSSR count). The molecule has 324 valence electrons. The lowest BCUT2D eigenvalue weighted by molar-refractivity contribution is -0.0606. The van der Waals surface area contributed by atoms with Crippen molar-refractivity contribution in [3.63, 3.8) is 0 Å². The highest BCUT2D eigenvalue weighted by molar-refractivity contribution is 7.47. The molecule has 11 atom stereocenters. The molecule has 0 amide bonds. The summed E-state index contributed by atoms with van der Waals surface area (Å²) in [5.74, 6) is -0.133. The first kappa shape index (κ1) is 41.9. The van der Waals surface area contributed by atoms with Gasteiger partial charge in [0.1, 0.15) is 61.0 Å². The van der Waals surface area contributed by atoms with Crippen molar-refractivity contribution in [1.29, 1.82) is 0 Å². The Balaban J connectivity index is 0.959. The van der Waals surface area contributed by atoms with Crippen LogP contribution in [-0.2, 0) is 41.4 Å². The van der Waals surface area contributed by atoms with E-state index in [4.69, 9.17) is 43.8 Å². The Morgan fingerprint density at radius 3 is 2.05 bits per heavy atom. The molecule has 3 fully saturated rings. The minimum atomic E-state index is -5.08. The predicted molar refractivity (Wildman–Crippen MR) is 198 cm³/mol. The lowest BCUT2D eigenvalue weighted by Gasteiger charge is -2.24. The monoisotopic (exact) mass is 884 g/mol. The molecule has 3 saturated heterocycles. The molecule has 28 nitrogen and oxygen atoms in total. The maximum Gasteiger partial charge on any atom is 0.472 e. The Labute approximate surface area is 334 Å². The standard InChI is InChI=1S/C30H38N12O16P2/c1-12-5-40(30(47)39-27(12)45)19-2-13(44)17(55-19)7-52-59(48,49)58-15-4-21(42-11-36-23-26(42)37-29(32)38-28(23)46)56-18(15)8-53-60(50,51)57-14-3-20(54-16(14)6-43)41-10-35-22-24(31)33-9-34-25(22)41/h5,9-11,13-21,43-44H,2-4,6-8H2,1H3,(H,48,49)(H,50,51)(H2,31,33,34)(H,39,45,47)(H3,32,37,38,46)/t13-,14-,15-,16+,17+,18+,19+,20+,21+/m0/s1. The van der Waals surface area contributed by atoms with Gasteiger partial charge in [-0.25, -0.2) is 33.9 Å². The number of hydrogen-bond acceptors (Lipinski definition) is 21. The van der Waals surface area contributed by atoms with Gasteiger partial charge < -0.3 is 45.7 Å². The summed E-state index contributed by atoms with van der Waals surface area (Å²) in [7, 11) is -10.1. The first-order valence-corrected chi connectivity index (χ1v) is 21.0. The molecule has 3 aliphatic rings. The summed E-state index contributed by atoms with van der Waals surface area (Å²) in [6.45, 7) is -0.645. The molecule has 0 saturated carbocycles. The van der Waals surface area contributed by atoms with E-state index in [1.54, 1.807) is 0 Å². The normalized spacial score (nSPS) is 29.1. The van der Waals surface area contributed by atoms with Crippen LogP contribution in [0.5, 0.6) is 0 Å². The van der Waals surface area contributed by atoms with Crippen molar-refractivity contribution >= 4 is 49.7 Å². The summed E-state index contributed by atoms with van der Waals surface area (Å²) in [6.07, 6.45) is -6.10. The van der Waals surface area contributed by atoms with E-state index >= 15 is 0 Å². The molecule has 0 aromatic carbocycles. The third-order valence-electron chi connectivity index (χ3n) is 10.0. The van der Waals surface area contributed by atoms with Gasteiger partial charge in [0.25, 0.3) is 11.1 Å². The molecule has 8 heterocycles. The second-order valence-corrected chi connectivity index (χ2v) is 16.8. The third-order valence-corrected chi connectivity index (χ3v) is 12.0. The summed E-state index contributed by atoms with van der Waals surface area (Å²) in [6, 6.07) is 0. The number of imidazole rings is 2. The quantitative estimate of drug-likeness (QED) is 0.0570. The predicted octanol–water partition coefficient (Wildman–Crippen LogP) is -1.80. The number of hydrogen-bond donors (Lipinski definition) is 8. The fourth-order valence-corrected chi connectivity index (χ4v) is 9.01. The second-order valence-electron chi connectivity index (χ2n) is 14.0. The van der Waals surface area contributed by atoms with Gasteiger partial charge >= 0.3 is 21.3 Å². The van der Waals surface area contributed by atoms with E-state index in [1.807, 2.05) is 0 Å². The third kappa shape index (κ3) is 8.42. The first-order chi connectivity index (χ1) is 28.5. The molecular weight excluding hydrogens is 846 g/mol. The number of nitrogen functional groups attached to an aromatic ring is 2. The van der Waals surface area contributed by atoms with Gasteiger partial charge in [0.05, 0.1) is 38.6 Å². The first-order valence-electron chi connectivity index (χ1n) is 18.0. The largest absolute Gasteiger partial charge is 0.472 e. The van der Waals surface area contributed by atoms with Crippen molar-refractivity contribution in [2.24, 2.45) is 0 Å².